The third-order valence-corrected chi connectivity index (χ3v) is 4.64. The molecule has 17 heavy (non-hydrogen) atoms. The summed E-state index contributed by atoms with van der Waals surface area (Å²) in [4.78, 5) is 0. The summed E-state index contributed by atoms with van der Waals surface area (Å²) in [5, 5.41) is 3.52. The van der Waals surface area contributed by atoms with Gasteiger partial charge in [-0.3, -0.25) is 0 Å². The van der Waals surface area contributed by atoms with Crippen LogP contribution in [0.2, 0.25) is 0 Å². The number of hydrogen-bond acceptors (Lipinski definition) is 3. The van der Waals surface area contributed by atoms with Crippen molar-refractivity contribution in [2.24, 2.45) is 17.1 Å². The SMILES string of the molecule is CCOC1CC(N)(CNCC(C)CC)C1(C)C. The Kier molecular flexibility index (Phi) is 4.99. The molecule has 3 atom stereocenters. The van der Waals surface area contributed by atoms with Gasteiger partial charge in [-0.2, -0.15) is 0 Å². The van der Waals surface area contributed by atoms with E-state index in [-0.39, 0.29) is 11.0 Å². The Labute approximate surface area is 106 Å². The number of nitrogens with two attached hydrogens (primary N) is 1. The number of rotatable bonds is 7. The molecule has 1 rings (SSSR count). The maximum absolute atomic E-state index is 6.49. The highest BCUT2D eigenvalue weighted by molar-refractivity contribution is 5.14. The zero-order valence-corrected chi connectivity index (χ0v) is 12.2. The molecule has 1 fully saturated rings. The first kappa shape index (κ1) is 14.9. The molecule has 0 spiro atoms. The molecule has 3 heteroatoms. The molecule has 0 radical (unpaired) electrons. The van der Waals surface area contributed by atoms with Gasteiger partial charge in [-0.05, 0) is 25.8 Å². The Morgan fingerprint density at radius 1 is 1.41 bits per heavy atom. The molecule has 0 aromatic rings. The van der Waals surface area contributed by atoms with Crippen molar-refractivity contribution in [3.05, 3.63) is 0 Å². The molecule has 1 aliphatic carbocycles. The molecular formula is C14H30N2O. The summed E-state index contributed by atoms with van der Waals surface area (Å²) in [5.74, 6) is 0.726. The summed E-state index contributed by atoms with van der Waals surface area (Å²) in [7, 11) is 0. The molecular weight excluding hydrogens is 212 g/mol. The lowest BCUT2D eigenvalue weighted by atomic mass is 9.54. The zero-order valence-electron chi connectivity index (χ0n) is 12.2. The van der Waals surface area contributed by atoms with E-state index in [1.54, 1.807) is 0 Å². The number of nitrogens with one attached hydrogen (secondary N) is 1. The Morgan fingerprint density at radius 2 is 2.06 bits per heavy atom. The van der Waals surface area contributed by atoms with E-state index in [1.807, 2.05) is 6.92 Å². The van der Waals surface area contributed by atoms with Crippen LogP contribution in [0, 0.1) is 11.3 Å². The maximum atomic E-state index is 6.49. The summed E-state index contributed by atoms with van der Waals surface area (Å²) in [5.41, 5.74) is 6.45. The van der Waals surface area contributed by atoms with Crippen molar-refractivity contribution in [2.75, 3.05) is 19.7 Å². The van der Waals surface area contributed by atoms with Crippen LogP contribution in [-0.4, -0.2) is 31.3 Å². The molecule has 0 heterocycles. The molecule has 3 unspecified atom stereocenters. The van der Waals surface area contributed by atoms with Crippen LogP contribution in [0.15, 0.2) is 0 Å². The van der Waals surface area contributed by atoms with Gasteiger partial charge in [-0.25, -0.2) is 0 Å². The van der Waals surface area contributed by atoms with E-state index >= 15 is 0 Å². The minimum Gasteiger partial charge on any atom is -0.378 e. The third-order valence-electron chi connectivity index (χ3n) is 4.64. The summed E-state index contributed by atoms with van der Waals surface area (Å²) >= 11 is 0. The van der Waals surface area contributed by atoms with Crippen molar-refractivity contribution in [1.29, 1.82) is 0 Å². The minimum absolute atomic E-state index is 0.0749. The molecule has 1 aliphatic rings. The molecule has 0 aromatic carbocycles. The predicted molar refractivity (Wildman–Crippen MR) is 73.1 cm³/mol. The van der Waals surface area contributed by atoms with Crippen LogP contribution in [-0.2, 0) is 4.74 Å². The Balaban J connectivity index is 2.38. The van der Waals surface area contributed by atoms with Gasteiger partial charge in [0.15, 0.2) is 0 Å². The monoisotopic (exact) mass is 242 g/mol. The van der Waals surface area contributed by atoms with Gasteiger partial charge in [0, 0.05) is 24.1 Å². The van der Waals surface area contributed by atoms with E-state index in [2.05, 4.69) is 33.0 Å². The quantitative estimate of drug-likeness (QED) is 0.719. The van der Waals surface area contributed by atoms with Crippen molar-refractivity contribution < 1.29 is 4.74 Å². The van der Waals surface area contributed by atoms with Crippen LogP contribution in [0.3, 0.4) is 0 Å². The van der Waals surface area contributed by atoms with Crippen LogP contribution in [0.25, 0.3) is 0 Å². The third kappa shape index (κ3) is 3.01. The van der Waals surface area contributed by atoms with Crippen LogP contribution in [0.4, 0.5) is 0 Å². The first-order chi connectivity index (χ1) is 7.87. The zero-order chi connectivity index (χ0) is 13.1. The van der Waals surface area contributed by atoms with Crippen molar-refractivity contribution in [2.45, 2.75) is 59.1 Å². The van der Waals surface area contributed by atoms with Gasteiger partial charge in [-0.1, -0.05) is 34.1 Å². The van der Waals surface area contributed by atoms with E-state index < -0.39 is 0 Å². The van der Waals surface area contributed by atoms with E-state index in [9.17, 15) is 0 Å². The number of ether oxygens (including phenoxy) is 1. The standard InChI is InChI=1S/C14H30N2O/c1-6-11(3)9-16-10-14(15)8-12(17-7-2)13(14,4)5/h11-12,16H,6-10,15H2,1-5H3. The normalized spacial score (nSPS) is 33.2. The topological polar surface area (TPSA) is 47.3 Å². The first-order valence-electron chi connectivity index (χ1n) is 6.98. The van der Waals surface area contributed by atoms with Crippen LogP contribution < -0.4 is 11.1 Å². The largest absolute Gasteiger partial charge is 0.378 e. The second-order valence-corrected chi connectivity index (χ2v) is 6.17. The first-order valence-corrected chi connectivity index (χ1v) is 6.98. The predicted octanol–water partition coefficient (Wildman–Crippen LogP) is 2.15. The average Bonchev–Trinajstić information content (AvgIpc) is 2.28. The fourth-order valence-corrected chi connectivity index (χ4v) is 2.49. The summed E-state index contributed by atoms with van der Waals surface area (Å²) in [6, 6.07) is 0. The molecule has 0 aromatic heterocycles. The number of hydrogen-bond donors (Lipinski definition) is 2. The van der Waals surface area contributed by atoms with Crippen molar-refractivity contribution >= 4 is 0 Å². The van der Waals surface area contributed by atoms with Gasteiger partial charge < -0.3 is 15.8 Å². The van der Waals surface area contributed by atoms with Gasteiger partial charge in [0.2, 0.25) is 0 Å². The fourth-order valence-electron chi connectivity index (χ4n) is 2.49. The van der Waals surface area contributed by atoms with Gasteiger partial charge >= 0.3 is 0 Å². The summed E-state index contributed by atoms with van der Waals surface area (Å²) in [6.07, 6.45) is 2.51. The summed E-state index contributed by atoms with van der Waals surface area (Å²) < 4.78 is 5.73. The van der Waals surface area contributed by atoms with Crippen LogP contribution in [0.1, 0.15) is 47.5 Å². The smallest absolute Gasteiger partial charge is 0.0662 e. The molecule has 3 nitrogen and oxygen atoms in total. The Morgan fingerprint density at radius 3 is 2.53 bits per heavy atom. The van der Waals surface area contributed by atoms with Crippen molar-refractivity contribution in [3.63, 3.8) is 0 Å². The van der Waals surface area contributed by atoms with Gasteiger partial charge in [0.1, 0.15) is 0 Å². The van der Waals surface area contributed by atoms with Crippen molar-refractivity contribution in [1.82, 2.24) is 5.32 Å². The van der Waals surface area contributed by atoms with Crippen LogP contribution in [0.5, 0.6) is 0 Å². The minimum atomic E-state index is -0.111. The van der Waals surface area contributed by atoms with Gasteiger partial charge in [0.25, 0.3) is 0 Å². The van der Waals surface area contributed by atoms with Gasteiger partial charge in [-0.15, -0.1) is 0 Å². The van der Waals surface area contributed by atoms with E-state index in [1.165, 1.54) is 6.42 Å². The second-order valence-electron chi connectivity index (χ2n) is 6.17. The fraction of sp³-hybridized carbons (Fsp3) is 1.00. The highest BCUT2D eigenvalue weighted by Gasteiger charge is 2.58. The lowest BCUT2D eigenvalue weighted by Crippen LogP contribution is -2.73. The molecule has 1 saturated carbocycles. The molecule has 102 valence electrons. The molecule has 0 aliphatic heterocycles. The van der Waals surface area contributed by atoms with E-state index in [4.69, 9.17) is 10.5 Å². The highest BCUT2D eigenvalue weighted by Crippen LogP contribution is 2.49. The lowest BCUT2D eigenvalue weighted by Gasteiger charge is -2.59. The molecule has 0 bridgehead atoms. The molecule has 0 amide bonds. The van der Waals surface area contributed by atoms with Gasteiger partial charge in [0.05, 0.1) is 6.10 Å². The molecule has 0 saturated heterocycles. The second kappa shape index (κ2) is 5.68. The maximum Gasteiger partial charge on any atom is 0.0662 e. The Bertz CT molecular complexity index is 242. The van der Waals surface area contributed by atoms with E-state index in [0.717, 1.165) is 32.0 Å². The molecule has 3 N–H and O–H groups in total. The lowest BCUT2D eigenvalue weighted by molar-refractivity contribution is -0.148. The highest BCUT2D eigenvalue weighted by atomic mass is 16.5. The Hall–Kier alpha value is -0.120. The summed E-state index contributed by atoms with van der Waals surface area (Å²) in [6.45, 7) is 13.7. The van der Waals surface area contributed by atoms with Crippen molar-refractivity contribution in [3.8, 4) is 0 Å². The average molecular weight is 242 g/mol. The van der Waals surface area contributed by atoms with Crippen LogP contribution >= 0.6 is 0 Å². The van der Waals surface area contributed by atoms with E-state index in [0.29, 0.717) is 6.10 Å².